The summed E-state index contributed by atoms with van der Waals surface area (Å²) in [5.74, 6) is -0.115. The van der Waals surface area contributed by atoms with Crippen LogP contribution in [-0.4, -0.2) is 85.5 Å². The van der Waals surface area contributed by atoms with Gasteiger partial charge in [-0.15, -0.1) is 0 Å². The fourth-order valence-electron chi connectivity index (χ4n) is 10.9. The molecular formula is C32H52O10. The first-order valence-corrected chi connectivity index (χ1v) is 16.2. The topological polar surface area (TPSA) is 174 Å². The van der Waals surface area contributed by atoms with Crippen molar-refractivity contribution in [3.05, 3.63) is 0 Å². The number of aliphatic carboxylic acids is 2. The van der Waals surface area contributed by atoms with Crippen LogP contribution in [-0.2, 0) is 19.1 Å². The third-order valence-electron chi connectivity index (χ3n) is 13.1. The number of aliphatic hydroxyl groups excluding tert-OH is 4. The highest BCUT2D eigenvalue weighted by Crippen LogP contribution is 2.69. The molecule has 0 aromatic rings. The molecule has 6 N–H and O–H groups in total. The zero-order valence-corrected chi connectivity index (χ0v) is 25.5. The smallest absolute Gasteiger partial charge is 0.335 e. The molecular weight excluding hydrogens is 544 g/mol. The van der Waals surface area contributed by atoms with Gasteiger partial charge in [0.15, 0.2) is 12.4 Å². The molecule has 4 saturated carbocycles. The van der Waals surface area contributed by atoms with Crippen LogP contribution >= 0.6 is 0 Å². The second-order valence-corrected chi connectivity index (χ2v) is 14.9. The van der Waals surface area contributed by atoms with Crippen molar-refractivity contribution in [1.29, 1.82) is 0 Å². The summed E-state index contributed by atoms with van der Waals surface area (Å²) >= 11 is 0. The highest BCUT2D eigenvalue weighted by atomic mass is 16.7. The number of fused-ring (bicyclic) bond motifs is 5. The van der Waals surface area contributed by atoms with Gasteiger partial charge in [-0.2, -0.15) is 0 Å². The third kappa shape index (κ3) is 5.21. The number of carbonyl (C=O) groups is 2. The molecule has 5 fully saturated rings. The van der Waals surface area contributed by atoms with Gasteiger partial charge in [-0.25, -0.2) is 4.79 Å². The van der Waals surface area contributed by atoms with Crippen LogP contribution < -0.4 is 0 Å². The lowest BCUT2D eigenvalue weighted by Crippen LogP contribution is -2.63. The maximum Gasteiger partial charge on any atom is 0.335 e. The van der Waals surface area contributed by atoms with Crippen LogP contribution in [0, 0.1) is 52.3 Å². The first-order chi connectivity index (χ1) is 19.7. The van der Waals surface area contributed by atoms with E-state index in [1.54, 1.807) is 0 Å². The van der Waals surface area contributed by atoms with Crippen LogP contribution in [0.1, 0.15) is 91.9 Å². The first kappa shape index (κ1) is 32.1. The van der Waals surface area contributed by atoms with E-state index in [1.165, 1.54) is 0 Å². The molecule has 0 bridgehead atoms. The molecule has 0 spiro atoms. The summed E-state index contributed by atoms with van der Waals surface area (Å²) in [6.07, 6.45) is -0.617. The lowest BCUT2D eigenvalue weighted by molar-refractivity contribution is -0.312. The zero-order valence-electron chi connectivity index (χ0n) is 25.5. The summed E-state index contributed by atoms with van der Waals surface area (Å²) in [5.41, 5.74) is 0.104. The number of hydrogen-bond acceptors (Lipinski definition) is 8. The molecule has 42 heavy (non-hydrogen) atoms. The Labute approximate surface area is 248 Å². The van der Waals surface area contributed by atoms with Gasteiger partial charge in [0.25, 0.3) is 0 Å². The van der Waals surface area contributed by atoms with Crippen molar-refractivity contribution in [2.45, 2.75) is 135 Å². The van der Waals surface area contributed by atoms with Crippen LogP contribution in [0.3, 0.4) is 0 Å². The summed E-state index contributed by atoms with van der Waals surface area (Å²) in [6, 6.07) is 0. The zero-order chi connectivity index (χ0) is 30.7. The summed E-state index contributed by atoms with van der Waals surface area (Å²) in [6.45, 7) is 9.14. The second kappa shape index (κ2) is 11.9. The van der Waals surface area contributed by atoms with Crippen LogP contribution in [0.5, 0.6) is 0 Å². The Bertz CT molecular complexity index is 1010. The van der Waals surface area contributed by atoms with E-state index < -0.39 is 48.7 Å². The van der Waals surface area contributed by atoms with Crippen molar-refractivity contribution >= 4 is 11.9 Å². The normalized spacial score (nSPS) is 51.2. The van der Waals surface area contributed by atoms with Gasteiger partial charge >= 0.3 is 11.9 Å². The standard InChI is InChI=1S/C32H52O10/c1-5-17-21-14-16(41-30-27(38)25(36)26(37)28(42-30)29(39)40)10-12-32(21,4)20-11-13-31(3)18(15(2)6-9-22(33)34)7-8-19(31)23(20)24(17)35/h15-21,23-28,30,35-38H,5-14H2,1-4H3,(H,33,34)(H,39,40)/t15-,16-,17-,18-,19+,20+,21+,23+,24-,25+,26+,27-,28+,30-,31-,32-/m1/s1. The summed E-state index contributed by atoms with van der Waals surface area (Å²) in [5, 5.41) is 61.6. The summed E-state index contributed by atoms with van der Waals surface area (Å²) < 4.78 is 11.6. The molecule has 10 heteroatoms. The SMILES string of the molecule is CC[C@H]1[C@@H](O)[C@@H]2[C@H](CC[C@]3(C)[C@@H]([C@H](C)CCC(=O)O)CC[C@@H]23)[C@@]2(C)CC[C@@H](O[C@@H]3O[C@H](C(=O)O)[C@@H](O)[C@H](O)[C@H]3O)C[C@@H]12. The molecule has 16 atom stereocenters. The van der Waals surface area contributed by atoms with E-state index in [4.69, 9.17) is 9.47 Å². The fourth-order valence-corrected chi connectivity index (χ4v) is 10.9. The molecule has 1 saturated heterocycles. The molecule has 0 unspecified atom stereocenters. The quantitative estimate of drug-likeness (QED) is 0.229. The van der Waals surface area contributed by atoms with Crippen LogP contribution in [0.25, 0.3) is 0 Å². The predicted molar refractivity (Wildman–Crippen MR) is 151 cm³/mol. The van der Waals surface area contributed by atoms with Gasteiger partial charge in [-0.3, -0.25) is 4.79 Å². The minimum Gasteiger partial charge on any atom is -0.481 e. The molecule has 240 valence electrons. The van der Waals surface area contributed by atoms with Gasteiger partial charge in [-0.05, 0) is 104 Å². The van der Waals surface area contributed by atoms with E-state index in [1.807, 2.05) is 0 Å². The fraction of sp³-hybridized carbons (Fsp3) is 0.938. The molecule has 1 heterocycles. The van der Waals surface area contributed by atoms with E-state index in [2.05, 4.69) is 27.7 Å². The maximum absolute atomic E-state index is 12.1. The molecule has 0 aromatic carbocycles. The van der Waals surface area contributed by atoms with E-state index in [-0.39, 0.29) is 41.1 Å². The number of rotatable bonds is 8. The molecule has 5 aliphatic rings. The minimum atomic E-state index is -1.76. The Hall–Kier alpha value is -1.30. The average Bonchev–Trinajstić information content (AvgIpc) is 3.29. The van der Waals surface area contributed by atoms with E-state index in [0.29, 0.717) is 42.9 Å². The van der Waals surface area contributed by atoms with Crippen molar-refractivity contribution in [3.8, 4) is 0 Å². The molecule has 10 nitrogen and oxygen atoms in total. The van der Waals surface area contributed by atoms with Crippen LogP contribution in [0.2, 0.25) is 0 Å². The van der Waals surface area contributed by atoms with E-state index >= 15 is 0 Å². The second-order valence-electron chi connectivity index (χ2n) is 14.9. The van der Waals surface area contributed by atoms with Gasteiger partial charge < -0.3 is 40.1 Å². The first-order valence-electron chi connectivity index (χ1n) is 16.2. The Morgan fingerprint density at radius 1 is 0.881 bits per heavy atom. The third-order valence-corrected chi connectivity index (χ3v) is 13.1. The lowest BCUT2D eigenvalue weighted by atomic mass is 9.41. The maximum atomic E-state index is 12.1. The molecule has 1 aliphatic heterocycles. The van der Waals surface area contributed by atoms with Gasteiger partial charge in [0.1, 0.15) is 18.3 Å². The highest BCUT2D eigenvalue weighted by Gasteiger charge is 2.65. The van der Waals surface area contributed by atoms with Crippen molar-refractivity contribution in [2.75, 3.05) is 0 Å². The van der Waals surface area contributed by atoms with Crippen LogP contribution in [0.15, 0.2) is 0 Å². The number of hydrogen-bond donors (Lipinski definition) is 6. The minimum absolute atomic E-state index is 0.00409. The van der Waals surface area contributed by atoms with Crippen molar-refractivity contribution in [1.82, 2.24) is 0 Å². The van der Waals surface area contributed by atoms with Crippen molar-refractivity contribution in [3.63, 3.8) is 0 Å². The Morgan fingerprint density at radius 2 is 1.55 bits per heavy atom. The van der Waals surface area contributed by atoms with E-state index in [0.717, 1.165) is 38.5 Å². The lowest BCUT2D eigenvalue weighted by Gasteiger charge is -2.65. The summed E-state index contributed by atoms with van der Waals surface area (Å²) in [4.78, 5) is 22.8. The molecule has 0 aromatic heterocycles. The average molecular weight is 597 g/mol. The molecule has 0 amide bonds. The van der Waals surface area contributed by atoms with E-state index in [9.17, 15) is 40.2 Å². The number of carboxylic acid groups (broad SMARTS) is 2. The monoisotopic (exact) mass is 596 g/mol. The molecule has 0 radical (unpaired) electrons. The van der Waals surface area contributed by atoms with Gasteiger partial charge in [0.2, 0.25) is 0 Å². The van der Waals surface area contributed by atoms with Crippen molar-refractivity contribution in [2.24, 2.45) is 52.3 Å². The molecule has 5 rings (SSSR count). The number of ether oxygens (including phenoxy) is 2. The van der Waals surface area contributed by atoms with Gasteiger partial charge in [-0.1, -0.05) is 34.1 Å². The van der Waals surface area contributed by atoms with Crippen molar-refractivity contribution < 1.29 is 49.7 Å². The Balaban J connectivity index is 1.33. The van der Waals surface area contributed by atoms with Crippen LogP contribution in [0.4, 0.5) is 0 Å². The Kier molecular flexibility index (Phi) is 9.09. The number of carboxylic acids is 2. The predicted octanol–water partition coefficient (Wildman–Crippen LogP) is 3.03. The highest BCUT2D eigenvalue weighted by molar-refractivity contribution is 5.73. The largest absolute Gasteiger partial charge is 0.481 e. The Morgan fingerprint density at radius 3 is 2.19 bits per heavy atom. The van der Waals surface area contributed by atoms with Gasteiger partial charge in [0.05, 0.1) is 12.2 Å². The summed E-state index contributed by atoms with van der Waals surface area (Å²) in [7, 11) is 0. The number of aliphatic hydroxyl groups is 4. The van der Waals surface area contributed by atoms with Gasteiger partial charge in [0, 0.05) is 6.42 Å². The molecule has 4 aliphatic carbocycles.